The number of aliphatic hydroxyl groups is 1. The molecule has 4 nitrogen and oxygen atoms in total. The van der Waals surface area contributed by atoms with Gasteiger partial charge in [0.1, 0.15) is 5.69 Å². The summed E-state index contributed by atoms with van der Waals surface area (Å²) in [5.74, 6) is 0. The van der Waals surface area contributed by atoms with Gasteiger partial charge in [0.05, 0.1) is 12.3 Å². The normalized spacial score (nSPS) is 14.5. The Kier molecular flexibility index (Phi) is 3.03. The van der Waals surface area contributed by atoms with Crippen LogP contribution in [0.2, 0.25) is 0 Å². The van der Waals surface area contributed by atoms with Crippen molar-refractivity contribution in [1.82, 2.24) is 15.4 Å². The molecule has 0 aliphatic carbocycles. The number of aromatic amines is 1. The molecule has 1 rings (SSSR count). The molecule has 0 radical (unpaired) electrons. The summed E-state index contributed by atoms with van der Waals surface area (Å²) in [5.41, 5.74) is 0.884. The maximum Gasteiger partial charge on any atom is 0.111 e. The lowest BCUT2D eigenvalue weighted by molar-refractivity contribution is 0.143. The van der Waals surface area contributed by atoms with Crippen LogP contribution in [-0.2, 0) is 0 Å². The Balaban J connectivity index is 2.39. The quantitative estimate of drug-likeness (QED) is 0.749. The van der Waals surface area contributed by atoms with E-state index in [9.17, 15) is 5.11 Å². The molecule has 0 saturated heterocycles. The predicted octanol–water partition coefficient (Wildman–Crippen LogP) is 1.66. The summed E-state index contributed by atoms with van der Waals surface area (Å²) in [7, 11) is 0. The minimum absolute atomic E-state index is 0.255. The van der Waals surface area contributed by atoms with Crippen LogP contribution in [0.25, 0.3) is 0 Å². The summed E-state index contributed by atoms with van der Waals surface area (Å²) in [6.07, 6.45) is 2.78. The SMILES string of the molecule is CC(C)(C)CCC(O)c1cn[nH]n1. The third kappa shape index (κ3) is 3.55. The number of hydrogen-bond acceptors (Lipinski definition) is 3. The maximum atomic E-state index is 9.65. The molecule has 0 aliphatic rings. The van der Waals surface area contributed by atoms with E-state index in [1.54, 1.807) is 6.20 Å². The third-order valence-corrected chi connectivity index (χ3v) is 1.94. The van der Waals surface area contributed by atoms with Crippen LogP contribution < -0.4 is 0 Å². The van der Waals surface area contributed by atoms with Gasteiger partial charge in [-0.1, -0.05) is 20.8 Å². The molecule has 0 saturated carbocycles. The van der Waals surface area contributed by atoms with Gasteiger partial charge in [0.25, 0.3) is 0 Å². The van der Waals surface area contributed by atoms with Crippen LogP contribution in [0.4, 0.5) is 0 Å². The van der Waals surface area contributed by atoms with Gasteiger partial charge in [0.2, 0.25) is 0 Å². The van der Waals surface area contributed by atoms with Crippen LogP contribution in [0.15, 0.2) is 6.20 Å². The van der Waals surface area contributed by atoms with Gasteiger partial charge in [-0.2, -0.15) is 15.4 Å². The van der Waals surface area contributed by atoms with Crippen LogP contribution in [0, 0.1) is 5.41 Å². The van der Waals surface area contributed by atoms with Crippen LogP contribution in [0.1, 0.15) is 45.4 Å². The number of nitrogens with zero attached hydrogens (tertiary/aromatic N) is 2. The first-order valence-electron chi connectivity index (χ1n) is 4.53. The fourth-order valence-electron chi connectivity index (χ4n) is 1.09. The van der Waals surface area contributed by atoms with E-state index in [1.165, 1.54) is 0 Å². The predicted molar refractivity (Wildman–Crippen MR) is 50.0 cm³/mol. The lowest BCUT2D eigenvalue weighted by Gasteiger charge is -2.19. The first-order chi connectivity index (χ1) is 5.99. The summed E-state index contributed by atoms with van der Waals surface area (Å²) >= 11 is 0. The molecular formula is C9H17N3O. The summed E-state index contributed by atoms with van der Waals surface area (Å²) in [4.78, 5) is 0. The molecule has 13 heavy (non-hydrogen) atoms. The van der Waals surface area contributed by atoms with Crippen molar-refractivity contribution in [1.29, 1.82) is 0 Å². The highest BCUT2D eigenvalue weighted by Crippen LogP contribution is 2.25. The second-order valence-corrected chi connectivity index (χ2v) is 4.51. The average Bonchev–Trinajstić information content (AvgIpc) is 2.50. The Morgan fingerprint density at radius 3 is 2.69 bits per heavy atom. The number of rotatable bonds is 3. The maximum absolute atomic E-state index is 9.65. The minimum Gasteiger partial charge on any atom is -0.387 e. The fourth-order valence-corrected chi connectivity index (χ4v) is 1.09. The summed E-state index contributed by atoms with van der Waals surface area (Å²) in [5, 5.41) is 19.6. The Labute approximate surface area is 78.4 Å². The number of H-pyrrole nitrogens is 1. The molecule has 4 heteroatoms. The molecule has 0 spiro atoms. The summed E-state index contributed by atoms with van der Waals surface area (Å²) in [6, 6.07) is 0. The molecule has 1 atom stereocenters. The van der Waals surface area contributed by atoms with Crippen LogP contribution in [0.5, 0.6) is 0 Å². The van der Waals surface area contributed by atoms with Crippen LogP contribution in [-0.4, -0.2) is 20.5 Å². The van der Waals surface area contributed by atoms with Crippen LogP contribution >= 0.6 is 0 Å². The number of hydrogen-bond donors (Lipinski definition) is 2. The smallest absolute Gasteiger partial charge is 0.111 e. The first kappa shape index (κ1) is 10.2. The zero-order chi connectivity index (χ0) is 9.90. The molecule has 0 bridgehead atoms. The highest BCUT2D eigenvalue weighted by atomic mass is 16.3. The van der Waals surface area contributed by atoms with E-state index >= 15 is 0 Å². The topological polar surface area (TPSA) is 61.8 Å². The summed E-state index contributed by atoms with van der Waals surface area (Å²) < 4.78 is 0. The molecule has 1 heterocycles. The Bertz CT molecular complexity index is 238. The standard InChI is InChI=1S/C9H17N3O/c1-9(2,3)5-4-8(13)7-6-10-12-11-7/h6,8,13H,4-5H2,1-3H3,(H,10,11,12). The first-order valence-corrected chi connectivity index (χ1v) is 4.53. The van der Waals surface area contributed by atoms with E-state index in [2.05, 4.69) is 36.2 Å². The zero-order valence-electron chi connectivity index (χ0n) is 8.41. The molecule has 1 aromatic rings. The molecule has 0 amide bonds. The van der Waals surface area contributed by atoms with E-state index in [0.717, 1.165) is 12.8 Å². The Morgan fingerprint density at radius 1 is 1.54 bits per heavy atom. The van der Waals surface area contributed by atoms with Gasteiger partial charge in [-0.15, -0.1) is 0 Å². The average molecular weight is 183 g/mol. The molecule has 74 valence electrons. The molecule has 1 unspecified atom stereocenters. The second kappa shape index (κ2) is 3.87. The van der Waals surface area contributed by atoms with Gasteiger partial charge in [-0.3, -0.25) is 0 Å². The van der Waals surface area contributed by atoms with Crippen molar-refractivity contribution >= 4 is 0 Å². The highest BCUT2D eigenvalue weighted by molar-refractivity contribution is 4.95. The second-order valence-electron chi connectivity index (χ2n) is 4.51. The molecule has 0 aromatic carbocycles. The lowest BCUT2D eigenvalue weighted by atomic mass is 9.89. The lowest BCUT2D eigenvalue weighted by Crippen LogP contribution is -2.08. The number of nitrogens with one attached hydrogen (secondary N) is 1. The third-order valence-electron chi connectivity index (χ3n) is 1.94. The highest BCUT2D eigenvalue weighted by Gasteiger charge is 2.16. The van der Waals surface area contributed by atoms with Crippen molar-refractivity contribution in [2.45, 2.75) is 39.7 Å². The van der Waals surface area contributed by atoms with Gasteiger partial charge in [-0.25, -0.2) is 0 Å². The van der Waals surface area contributed by atoms with Gasteiger partial charge >= 0.3 is 0 Å². The molecular weight excluding hydrogens is 166 g/mol. The summed E-state index contributed by atoms with van der Waals surface area (Å²) in [6.45, 7) is 6.47. The van der Waals surface area contributed by atoms with Crippen LogP contribution in [0.3, 0.4) is 0 Å². The van der Waals surface area contributed by atoms with E-state index < -0.39 is 6.10 Å². The number of aromatic nitrogens is 3. The molecule has 1 aromatic heterocycles. The van der Waals surface area contributed by atoms with Crippen molar-refractivity contribution in [3.8, 4) is 0 Å². The molecule has 0 fully saturated rings. The largest absolute Gasteiger partial charge is 0.387 e. The van der Waals surface area contributed by atoms with Gasteiger partial charge in [-0.05, 0) is 18.3 Å². The Hall–Kier alpha value is -0.900. The van der Waals surface area contributed by atoms with E-state index in [4.69, 9.17) is 0 Å². The van der Waals surface area contributed by atoms with Crippen molar-refractivity contribution in [2.24, 2.45) is 5.41 Å². The van der Waals surface area contributed by atoms with E-state index in [1.807, 2.05) is 0 Å². The minimum atomic E-state index is -0.488. The monoisotopic (exact) mass is 183 g/mol. The number of aliphatic hydroxyl groups excluding tert-OH is 1. The van der Waals surface area contributed by atoms with Crippen molar-refractivity contribution in [3.05, 3.63) is 11.9 Å². The molecule has 2 N–H and O–H groups in total. The van der Waals surface area contributed by atoms with E-state index in [0.29, 0.717) is 5.69 Å². The van der Waals surface area contributed by atoms with Gasteiger partial charge in [0, 0.05) is 0 Å². The van der Waals surface area contributed by atoms with Gasteiger partial charge in [0.15, 0.2) is 0 Å². The van der Waals surface area contributed by atoms with Crippen molar-refractivity contribution < 1.29 is 5.11 Å². The fraction of sp³-hybridized carbons (Fsp3) is 0.778. The Morgan fingerprint density at radius 2 is 2.23 bits per heavy atom. The van der Waals surface area contributed by atoms with Crippen molar-refractivity contribution in [3.63, 3.8) is 0 Å². The zero-order valence-corrected chi connectivity index (χ0v) is 8.41. The van der Waals surface area contributed by atoms with E-state index in [-0.39, 0.29) is 5.41 Å². The van der Waals surface area contributed by atoms with Gasteiger partial charge < -0.3 is 5.11 Å². The molecule has 0 aliphatic heterocycles. The van der Waals surface area contributed by atoms with Crippen molar-refractivity contribution in [2.75, 3.05) is 0 Å².